The maximum Gasteiger partial charge on any atom is 0.233 e. The van der Waals surface area contributed by atoms with E-state index in [0.717, 1.165) is 37.0 Å². The Hall–Kier alpha value is -3.67. The van der Waals surface area contributed by atoms with E-state index in [4.69, 9.17) is 4.74 Å². The fourth-order valence-corrected chi connectivity index (χ4v) is 6.58. The lowest BCUT2D eigenvalue weighted by molar-refractivity contribution is -0.145. The molecular weight excluding hydrogens is 503 g/mol. The van der Waals surface area contributed by atoms with Gasteiger partial charge < -0.3 is 14.5 Å². The summed E-state index contributed by atoms with van der Waals surface area (Å²) in [5.74, 6) is 0.448. The molecule has 1 saturated carbocycles. The highest BCUT2D eigenvalue weighted by Gasteiger charge is 2.49. The molecule has 6 heteroatoms. The summed E-state index contributed by atoms with van der Waals surface area (Å²) in [7, 11) is 1.83. The number of carbonyl (C=O) groups is 2. The molecule has 2 aliphatic rings. The van der Waals surface area contributed by atoms with Crippen molar-refractivity contribution in [1.29, 1.82) is 0 Å². The maximum absolute atomic E-state index is 15.1. The van der Waals surface area contributed by atoms with Gasteiger partial charge in [0.05, 0.1) is 12.0 Å². The minimum atomic E-state index is -0.844. The fraction of sp³-hybridized carbons (Fsp3) is 0.412. The lowest BCUT2D eigenvalue weighted by atomic mass is 9.73. The van der Waals surface area contributed by atoms with Crippen LogP contribution in [0.1, 0.15) is 56.1 Å². The van der Waals surface area contributed by atoms with E-state index in [1.807, 2.05) is 78.7 Å². The van der Waals surface area contributed by atoms with Crippen LogP contribution in [0.25, 0.3) is 0 Å². The standard InChI is InChI=1S/C34H39FN2O3/c1-36(24-27-13-4-2-5-14-27)31(38)23-33(26-40-28-15-6-3-7-16-28)19-12-22-37(25-33)32(39)34(20-10-11-21-34)29-17-8-9-18-30(29)35/h2-9,13-18H,10-12,19-26H2,1H3/t33-/m0/s1. The van der Waals surface area contributed by atoms with Gasteiger partial charge in [0.15, 0.2) is 0 Å². The van der Waals surface area contributed by atoms with Crippen molar-refractivity contribution < 1.29 is 18.7 Å². The van der Waals surface area contributed by atoms with Gasteiger partial charge in [-0.3, -0.25) is 9.59 Å². The molecule has 0 N–H and O–H groups in total. The van der Waals surface area contributed by atoms with Crippen LogP contribution in [0, 0.1) is 11.2 Å². The fourth-order valence-electron chi connectivity index (χ4n) is 6.58. The predicted octanol–water partition coefficient (Wildman–Crippen LogP) is 6.37. The number of nitrogens with zero attached hydrogens (tertiary/aromatic N) is 2. The Morgan fingerprint density at radius 1 is 0.875 bits per heavy atom. The lowest BCUT2D eigenvalue weighted by Gasteiger charge is -2.45. The Morgan fingerprint density at radius 2 is 1.52 bits per heavy atom. The summed E-state index contributed by atoms with van der Waals surface area (Å²) in [5.41, 5.74) is 0.193. The summed E-state index contributed by atoms with van der Waals surface area (Å²) < 4.78 is 21.3. The smallest absolute Gasteiger partial charge is 0.233 e. The van der Waals surface area contributed by atoms with Gasteiger partial charge in [0.1, 0.15) is 11.6 Å². The zero-order valence-electron chi connectivity index (χ0n) is 23.4. The number of piperidine rings is 1. The number of carbonyl (C=O) groups excluding carboxylic acids is 2. The first kappa shape index (κ1) is 27.9. The van der Waals surface area contributed by atoms with Crippen LogP contribution in [0.3, 0.4) is 0 Å². The molecule has 5 nitrogen and oxygen atoms in total. The molecule has 2 fully saturated rings. The predicted molar refractivity (Wildman–Crippen MR) is 154 cm³/mol. The van der Waals surface area contributed by atoms with E-state index in [2.05, 4.69) is 0 Å². The van der Waals surface area contributed by atoms with Gasteiger partial charge in [0.2, 0.25) is 11.8 Å². The van der Waals surface area contributed by atoms with Gasteiger partial charge in [0.25, 0.3) is 0 Å². The van der Waals surface area contributed by atoms with Crippen molar-refractivity contribution in [3.05, 3.63) is 102 Å². The third-order valence-electron chi connectivity index (χ3n) is 8.71. The van der Waals surface area contributed by atoms with Crippen LogP contribution < -0.4 is 4.74 Å². The van der Waals surface area contributed by atoms with Crippen molar-refractivity contribution in [3.8, 4) is 5.75 Å². The van der Waals surface area contributed by atoms with Gasteiger partial charge in [-0.1, -0.05) is 79.6 Å². The lowest BCUT2D eigenvalue weighted by Crippen LogP contribution is -2.55. The highest BCUT2D eigenvalue weighted by atomic mass is 19.1. The summed E-state index contributed by atoms with van der Waals surface area (Å²) in [5, 5.41) is 0. The van der Waals surface area contributed by atoms with E-state index in [9.17, 15) is 9.59 Å². The van der Waals surface area contributed by atoms with E-state index in [1.54, 1.807) is 17.0 Å². The number of halogens is 1. The molecule has 0 unspecified atom stereocenters. The first-order chi connectivity index (χ1) is 19.4. The molecule has 1 aliphatic carbocycles. The van der Waals surface area contributed by atoms with Gasteiger partial charge in [-0.25, -0.2) is 4.39 Å². The second-order valence-corrected chi connectivity index (χ2v) is 11.6. The number of benzene rings is 3. The molecule has 3 aromatic rings. The second-order valence-electron chi connectivity index (χ2n) is 11.6. The molecule has 0 aromatic heterocycles. The monoisotopic (exact) mass is 542 g/mol. The van der Waals surface area contributed by atoms with Crippen molar-refractivity contribution in [2.75, 3.05) is 26.7 Å². The van der Waals surface area contributed by atoms with Crippen LogP contribution in [-0.2, 0) is 21.5 Å². The van der Waals surface area contributed by atoms with Gasteiger partial charge in [-0.2, -0.15) is 0 Å². The molecule has 1 aliphatic heterocycles. The van der Waals surface area contributed by atoms with Crippen LogP contribution in [-0.4, -0.2) is 48.4 Å². The van der Waals surface area contributed by atoms with Gasteiger partial charge in [-0.15, -0.1) is 0 Å². The largest absolute Gasteiger partial charge is 0.493 e. The molecule has 210 valence electrons. The van der Waals surface area contributed by atoms with Crippen molar-refractivity contribution >= 4 is 11.8 Å². The second kappa shape index (κ2) is 12.2. The number of para-hydroxylation sites is 1. The quantitative estimate of drug-likeness (QED) is 0.316. The maximum atomic E-state index is 15.1. The zero-order chi connectivity index (χ0) is 28.0. The molecule has 5 rings (SSSR count). The minimum absolute atomic E-state index is 0.0102. The third-order valence-corrected chi connectivity index (χ3v) is 8.71. The number of ether oxygens (including phenoxy) is 1. The van der Waals surface area contributed by atoms with Crippen LogP contribution in [0.4, 0.5) is 4.39 Å². The Kier molecular flexibility index (Phi) is 8.53. The normalized spacial score (nSPS) is 20.2. The molecular formula is C34H39FN2O3. The van der Waals surface area contributed by atoms with Crippen molar-refractivity contribution in [2.24, 2.45) is 5.41 Å². The van der Waals surface area contributed by atoms with Crippen molar-refractivity contribution in [3.63, 3.8) is 0 Å². The number of hydrogen-bond donors (Lipinski definition) is 0. The van der Waals surface area contributed by atoms with Crippen LogP contribution in [0.5, 0.6) is 5.75 Å². The van der Waals surface area contributed by atoms with E-state index in [1.165, 1.54) is 6.07 Å². The number of amides is 2. The zero-order valence-corrected chi connectivity index (χ0v) is 23.4. The van der Waals surface area contributed by atoms with E-state index >= 15 is 4.39 Å². The van der Waals surface area contributed by atoms with Crippen LogP contribution in [0.2, 0.25) is 0 Å². The molecule has 1 saturated heterocycles. The summed E-state index contributed by atoms with van der Waals surface area (Å²) in [6.07, 6.45) is 4.93. The van der Waals surface area contributed by atoms with E-state index < -0.39 is 10.8 Å². The van der Waals surface area contributed by atoms with E-state index in [-0.39, 0.29) is 24.1 Å². The Bertz CT molecular complexity index is 1290. The molecule has 3 aromatic carbocycles. The molecule has 1 atom stereocenters. The summed E-state index contributed by atoms with van der Waals surface area (Å²) in [6.45, 7) is 1.88. The third kappa shape index (κ3) is 6.06. The Labute approximate surface area is 236 Å². The van der Waals surface area contributed by atoms with Crippen molar-refractivity contribution in [1.82, 2.24) is 9.80 Å². The summed E-state index contributed by atoms with van der Waals surface area (Å²) in [6, 6.07) is 26.3. The van der Waals surface area contributed by atoms with Crippen LogP contribution >= 0.6 is 0 Å². The molecule has 40 heavy (non-hydrogen) atoms. The molecule has 0 radical (unpaired) electrons. The summed E-state index contributed by atoms with van der Waals surface area (Å²) in [4.78, 5) is 31.6. The van der Waals surface area contributed by atoms with E-state index in [0.29, 0.717) is 44.6 Å². The molecule has 1 heterocycles. The molecule has 0 spiro atoms. The topological polar surface area (TPSA) is 49.9 Å². The SMILES string of the molecule is CN(Cc1ccccc1)C(=O)C[C@@]1(COc2ccccc2)CCCN(C(=O)C2(c3ccccc3F)CCCC2)C1. The average Bonchev–Trinajstić information content (AvgIpc) is 3.48. The molecule has 0 bridgehead atoms. The number of likely N-dealkylation sites (tertiary alicyclic amines) is 1. The highest BCUT2D eigenvalue weighted by molar-refractivity contribution is 5.89. The van der Waals surface area contributed by atoms with Gasteiger partial charge >= 0.3 is 0 Å². The van der Waals surface area contributed by atoms with Crippen LogP contribution in [0.15, 0.2) is 84.9 Å². The Morgan fingerprint density at radius 3 is 2.23 bits per heavy atom. The Balaban J connectivity index is 1.39. The van der Waals surface area contributed by atoms with Gasteiger partial charge in [-0.05, 0) is 49.4 Å². The average molecular weight is 543 g/mol. The van der Waals surface area contributed by atoms with Crippen molar-refractivity contribution in [2.45, 2.75) is 56.9 Å². The molecule has 2 amide bonds. The number of rotatable bonds is 9. The first-order valence-corrected chi connectivity index (χ1v) is 14.4. The minimum Gasteiger partial charge on any atom is -0.493 e. The highest BCUT2D eigenvalue weighted by Crippen LogP contribution is 2.45. The summed E-state index contributed by atoms with van der Waals surface area (Å²) >= 11 is 0. The first-order valence-electron chi connectivity index (χ1n) is 14.4. The number of hydrogen-bond acceptors (Lipinski definition) is 3. The van der Waals surface area contributed by atoms with Gasteiger partial charge in [0, 0.05) is 44.1 Å².